The molecule has 0 bridgehead atoms. The number of ether oxygens (including phenoxy) is 1. The Morgan fingerprint density at radius 2 is 2.00 bits per heavy atom. The molecule has 104 valence electrons. The fourth-order valence-electron chi connectivity index (χ4n) is 2.12. The molecule has 2 rings (SSSR count). The first-order chi connectivity index (χ1) is 9.24. The molecule has 1 fully saturated rings. The van der Waals surface area contributed by atoms with E-state index in [0.717, 1.165) is 25.1 Å². The molecule has 0 atom stereocenters. The lowest BCUT2D eigenvalue weighted by Gasteiger charge is -2.15. The zero-order valence-electron chi connectivity index (χ0n) is 11.4. The molecule has 0 saturated heterocycles. The van der Waals surface area contributed by atoms with E-state index in [0.29, 0.717) is 12.0 Å². The first-order valence-corrected chi connectivity index (χ1v) is 6.79. The highest BCUT2D eigenvalue weighted by molar-refractivity contribution is 5.73. The van der Waals surface area contributed by atoms with E-state index in [2.05, 4.69) is 10.6 Å². The van der Waals surface area contributed by atoms with Crippen molar-refractivity contribution < 1.29 is 9.53 Å². The number of nitrogens with one attached hydrogen (secondary N) is 2. The number of hydrogen-bond donors (Lipinski definition) is 2. The van der Waals surface area contributed by atoms with Crippen molar-refractivity contribution in [3.8, 4) is 0 Å². The van der Waals surface area contributed by atoms with Gasteiger partial charge >= 0.3 is 6.03 Å². The molecule has 2 amide bonds. The predicted octanol–water partition coefficient (Wildman–Crippen LogP) is 2.30. The molecule has 0 radical (unpaired) electrons. The standard InChI is InChI=1S/C15H22N2O2/c1-19-10-9-15(7-8-15)12-17-14(18)16-11-13-5-3-2-4-6-13/h2-6H,7-12H2,1H3,(H2,16,17,18). The van der Waals surface area contributed by atoms with Crippen LogP contribution in [0, 0.1) is 5.41 Å². The van der Waals surface area contributed by atoms with Crippen LogP contribution in [0.4, 0.5) is 4.79 Å². The monoisotopic (exact) mass is 262 g/mol. The Labute approximate surface area is 114 Å². The van der Waals surface area contributed by atoms with Gasteiger partial charge in [-0.05, 0) is 30.2 Å². The Morgan fingerprint density at radius 3 is 2.63 bits per heavy atom. The number of hydrogen-bond acceptors (Lipinski definition) is 2. The lowest BCUT2D eigenvalue weighted by atomic mass is 10.0. The molecule has 4 nitrogen and oxygen atoms in total. The van der Waals surface area contributed by atoms with Crippen molar-refractivity contribution in [2.75, 3.05) is 20.3 Å². The van der Waals surface area contributed by atoms with Crippen LogP contribution in [-0.4, -0.2) is 26.3 Å². The number of carbonyl (C=O) groups excluding carboxylic acids is 1. The van der Waals surface area contributed by atoms with Gasteiger partial charge in [-0.3, -0.25) is 0 Å². The molecule has 1 aliphatic rings. The summed E-state index contributed by atoms with van der Waals surface area (Å²) >= 11 is 0. The van der Waals surface area contributed by atoms with E-state index in [1.165, 1.54) is 12.8 Å². The number of benzene rings is 1. The van der Waals surface area contributed by atoms with Crippen LogP contribution < -0.4 is 10.6 Å². The summed E-state index contributed by atoms with van der Waals surface area (Å²) in [5, 5.41) is 5.83. The van der Waals surface area contributed by atoms with Crippen LogP contribution >= 0.6 is 0 Å². The number of methoxy groups -OCH3 is 1. The molecule has 0 aliphatic heterocycles. The van der Waals surface area contributed by atoms with Gasteiger partial charge in [0.05, 0.1) is 0 Å². The molecule has 19 heavy (non-hydrogen) atoms. The van der Waals surface area contributed by atoms with Gasteiger partial charge < -0.3 is 15.4 Å². The van der Waals surface area contributed by atoms with Crippen molar-refractivity contribution in [2.45, 2.75) is 25.8 Å². The van der Waals surface area contributed by atoms with Gasteiger partial charge in [-0.15, -0.1) is 0 Å². The third-order valence-corrected chi connectivity index (χ3v) is 3.71. The molecule has 0 unspecified atom stereocenters. The van der Waals surface area contributed by atoms with Crippen molar-refractivity contribution in [3.05, 3.63) is 35.9 Å². The second-order valence-electron chi connectivity index (χ2n) is 5.26. The summed E-state index contributed by atoms with van der Waals surface area (Å²) in [6, 6.07) is 9.82. The van der Waals surface area contributed by atoms with Gasteiger partial charge in [0.2, 0.25) is 0 Å². The Kier molecular flexibility index (Phi) is 4.80. The normalized spacial score (nSPS) is 15.8. The second kappa shape index (κ2) is 6.57. The Morgan fingerprint density at radius 1 is 1.26 bits per heavy atom. The second-order valence-corrected chi connectivity index (χ2v) is 5.26. The number of carbonyl (C=O) groups is 1. The van der Waals surface area contributed by atoms with Crippen molar-refractivity contribution >= 4 is 6.03 Å². The Bertz CT molecular complexity index is 402. The van der Waals surface area contributed by atoms with E-state index in [-0.39, 0.29) is 6.03 Å². The minimum Gasteiger partial charge on any atom is -0.385 e. The molecule has 4 heteroatoms. The SMILES string of the molecule is COCCC1(CNC(=O)NCc2ccccc2)CC1. The zero-order chi connectivity index (χ0) is 13.6. The van der Waals surface area contributed by atoms with E-state index in [9.17, 15) is 4.79 Å². The van der Waals surface area contributed by atoms with Crippen LogP contribution in [0.2, 0.25) is 0 Å². The zero-order valence-corrected chi connectivity index (χ0v) is 11.4. The third-order valence-electron chi connectivity index (χ3n) is 3.71. The highest BCUT2D eigenvalue weighted by atomic mass is 16.5. The summed E-state index contributed by atoms with van der Waals surface area (Å²) in [6.07, 6.45) is 3.41. The summed E-state index contributed by atoms with van der Waals surface area (Å²) in [6.45, 7) is 2.09. The third kappa shape index (κ3) is 4.56. The maximum absolute atomic E-state index is 11.7. The van der Waals surface area contributed by atoms with E-state index in [4.69, 9.17) is 4.74 Å². The fourth-order valence-corrected chi connectivity index (χ4v) is 2.12. The number of amides is 2. The average molecular weight is 262 g/mol. The summed E-state index contributed by atoms with van der Waals surface area (Å²) in [5.41, 5.74) is 1.40. The number of rotatable bonds is 7. The maximum Gasteiger partial charge on any atom is 0.315 e. The van der Waals surface area contributed by atoms with Gasteiger partial charge in [-0.1, -0.05) is 30.3 Å². The fraction of sp³-hybridized carbons (Fsp3) is 0.533. The van der Waals surface area contributed by atoms with Crippen molar-refractivity contribution in [1.29, 1.82) is 0 Å². The molecule has 0 aromatic heterocycles. The van der Waals surface area contributed by atoms with Crippen LogP contribution in [0.15, 0.2) is 30.3 Å². The highest BCUT2D eigenvalue weighted by Gasteiger charge is 2.42. The summed E-state index contributed by atoms with van der Waals surface area (Å²) in [5.74, 6) is 0. The van der Waals surface area contributed by atoms with Gasteiger partial charge in [0.25, 0.3) is 0 Å². The molecular weight excluding hydrogens is 240 g/mol. The van der Waals surface area contributed by atoms with E-state index in [1.807, 2.05) is 30.3 Å². The van der Waals surface area contributed by atoms with Crippen molar-refractivity contribution in [3.63, 3.8) is 0 Å². The Hall–Kier alpha value is -1.55. The Balaban J connectivity index is 1.65. The van der Waals surface area contributed by atoms with Crippen LogP contribution in [0.25, 0.3) is 0 Å². The van der Waals surface area contributed by atoms with Gasteiger partial charge in [0.1, 0.15) is 0 Å². The van der Waals surface area contributed by atoms with Gasteiger partial charge in [0, 0.05) is 26.8 Å². The average Bonchev–Trinajstić information content (AvgIpc) is 3.22. The minimum absolute atomic E-state index is 0.0902. The molecule has 0 spiro atoms. The maximum atomic E-state index is 11.7. The van der Waals surface area contributed by atoms with Crippen LogP contribution in [-0.2, 0) is 11.3 Å². The van der Waals surface area contributed by atoms with E-state index < -0.39 is 0 Å². The number of urea groups is 1. The van der Waals surface area contributed by atoms with Crippen LogP contribution in [0.5, 0.6) is 0 Å². The smallest absolute Gasteiger partial charge is 0.315 e. The minimum atomic E-state index is -0.0902. The molecule has 2 N–H and O–H groups in total. The quantitative estimate of drug-likeness (QED) is 0.792. The lowest BCUT2D eigenvalue weighted by molar-refractivity contribution is 0.171. The predicted molar refractivity (Wildman–Crippen MR) is 74.8 cm³/mol. The first kappa shape index (κ1) is 13.9. The van der Waals surface area contributed by atoms with Crippen molar-refractivity contribution in [2.24, 2.45) is 5.41 Å². The van der Waals surface area contributed by atoms with Crippen LogP contribution in [0.3, 0.4) is 0 Å². The lowest BCUT2D eigenvalue weighted by Crippen LogP contribution is -2.38. The van der Waals surface area contributed by atoms with Gasteiger partial charge in [0.15, 0.2) is 0 Å². The van der Waals surface area contributed by atoms with Gasteiger partial charge in [-0.2, -0.15) is 0 Å². The van der Waals surface area contributed by atoms with E-state index in [1.54, 1.807) is 7.11 Å². The summed E-state index contributed by atoms with van der Waals surface area (Å²) < 4.78 is 5.10. The first-order valence-electron chi connectivity index (χ1n) is 6.79. The molecule has 1 aliphatic carbocycles. The highest BCUT2D eigenvalue weighted by Crippen LogP contribution is 2.48. The topological polar surface area (TPSA) is 50.4 Å². The van der Waals surface area contributed by atoms with Gasteiger partial charge in [-0.25, -0.2) is 4.79 Å². The molecule has 1 aromatic carbocycles. The summed E-state index contributed by atoms with van der Waals surface area (Å²) in [7, 11) is 1.72. The molecular formula is C15H22N2O2. The molecule has 0 heterocycles. The molecule has 1 saturated carbocycles. The van der Waals surface area contributed by atoms with Crippen LogP contribution in [0.1, 0.15) is 24.8 Å². The molecule has 1 aromatic rings. The summed E-state index contributed by atoms with van der Waals surface area (Å²) in [4.78, 5) is 11.7. The largest absolute Gasteiger partial charge is 0.385 e. The van der Waals surface area contributed by atoms with E-state index >= 15 is 0 Å². The van der Waals surface area contributed by atoms with Crippen molar-refractivity contribution in [1.82, 2.24) is 10.6 Å².